The summed E-state index contributed by atoms with van der Waals surface area (Å²) in [6.07, 6.45) is 0. The van der Waals surface area contributed by atoms with E-state index in [1.54, 1.807) is 0 Å². The minimum Gasteiger partial charge on any atom is -0.246 e. The van der Waals surface area contributed by atoms with Crippen LogP contribution in [0.2, 0.25) is 0 Å². The van der Waals surface area contributed by atoms with E-state index in [0.717, 1.165) is 5.69 Å². The van der Waals surface area contributed by atoms with Gasteiger partial charge in [0.15, 0.2) is 0 Å². The van der Waals surface area contributed by atoms with Crippen molar-refractivity contribution in [2.24, 2.45) is 0 Å². The van der Waals surface area contributed by atoms with Gasteiger partial charge in [-0.1, -0.05) is 13.8 Å². The lowest BCUT2D eigenvalue weighted by atomic mass is 10.0. The Balaban J connectivity index is 3.28. The lowest BCUT2D eigenvalue weighted by molar-refractivity contribution is 0.590. The first-order valence-corrected chi connectivity index (χ1v) is 4.64. The van der Waals surface area contributed by atoms with Crippen LogP contribution in [0, 0.1) is 12.7 Å². The summed E-state index contributed by atoms with van der Waals surface area (Å²) in [6, 6.07) is 1.41. The van der Waals surface area contributed by atoms with Crippen LogP contribution < -0.4 is 0 Å². The zero-order valence-corrected chi connectivity index (χ0v) is 8.94. The molecule has 12 heavy (non-hydrogen) atoms. The summed E-state index contributed by atoms with van der Waals surface area (Å²) >= 11 is 3.15. The Labute approximate surface area is 80.1 Å². The smallest absolute Gasteiger partial charge is 0.131 e. The van der Waals surface area contributed by atoms with E-state index in [0.29, 0.717) is 10.2 Å². The highest BCUT2D eigenvalue weighted by Crippen LogP contribution is 2.23. The third-order valence-electron chi connectivity index (χ3n) is 1.74. The molecular weight excluding hydrogens is 221 g/mol. The molecule has 1 nitrogen and oxygen atoms in total. The Morgan fingerprint density at radius 3 is 2.50 bits per heavy atom. The molecule has 0 aliphatic rings. The SMILES string of the molecule is Cc1nc(Br)cc(F)c1C(C)C. The normalized spacial score (nSPS) is 10.8. The van der Waals surface area contributed by atoms with Crippen LogP contribution >= 0.6 is 15.9 Å². The standard InChI is InChI=1S/C9H11BrFN/c1-5(2)9-6(3)12-8(10)4-7(9)11/h4-5H,1-3H3. The monoisotopic (exact) mass is 231 g/mol. The number of aromatic nitrogens is 1. The predicted molar refractivity (Wildman–Crippen MR) is 50.7 cm³/mol. The molecule has 0 N–H and O–H groups in total. The molecule has 0 unspecified atom stereocenters. The second-order valence-electron chi connectivity index (χ2n) is 3.08. The van der Waals surface area contributed by atoms with Crippen molar-refractivity contribution >= 4 is 15.9 Å². The fourth-order valence-corrected chi connectivity index (χ4v) is 1.77. The van der Waals surface area contributed by atoms with E-state index < -0.39 is 0 Å². The van der Waals surface area contributed by atoms with Crippen LogP contribution in [0.5, 0.6) is 0 Å². The van der Waals surface area contributed by atoms with Crippen LogP contribution in [0.3, 0.4) is 0 Å². The summed E-state index contributed by atoms with van der Waals surface area (Å²) in [7, 11) is 0. The zero-order valence-electron chi connectivity index (χ0n) is 7.36. The van der Waals surface area contributed by atoms with Gasteiger partial charge >= 0.3 is 0 Å². The molecule has 66 valence electrons. The topological polar surface area (TPSA) is 12.9 Å². The maximum absolute atomic E-state index is 13.3. The molecule has 0 bridgehead atoms. The van der Waals surface area contributed by atoms with Crippen LogP contribution in [-0.4, -0.2) is 4.98 Å². The number of nitrogens with zero attached hydrogens (tertiary/aromatic N) is 1. The van der Waals surface area contributed by atoms with Gasteiger partial charge in [-0.15, -0.1) is 0 Å². The van der Waals surface area contributed by atoms with E-state index in [-0.39, 0.29) is 11.7 Å². The van der Waals surface area contributed by atoms with Crippen LogP contribution in [0.15, 0.2) is 10.7 Å². The number of halogens is 2. The molecule has 1 heterocycles. The molecule has 0 amide bonds. The maximum atomic E-state index is 13.3. The van der Waals surface area contributed by atoms with Crippen LogP contribution in [0.4, 0.5) is 4.39 Å². The molecule has 3 heteroatoms. The Morgan fingerprint density at radius 2 is 2.08 bits per heavy atom. The van der Waals surface area contributed by atoms with Gasteiger partial charge in [0.25, 0.3) is 0 Å². The van der Waals surface area contributed by atoms with E-state index >= 15 is 0 Å². The van der Waals surface area contributed by atoms with E-state index in [4.69, 9.17) is 0 Å². The van der Waals surface area contributed by atoms with Crippen molar-refractivity contribution in [3.05, 3.63) is 27.7 Å². The molecule has 0 fully saturated rings. The molecule has 1 rings (SSSR count). The molecule has 0 aliphatic carbocycles. The van der Waals surface area contributed by atoms with E-state index in [1.807, 2.05) is 20.8 Å². The van der Waals surface area contributed by atoms with Crippen molar-refractivity contribution in [1.82, 2.24) is 4.98 Å². The number of pyridine rings is 1. The second-order valence-corrected chi connectivity index (χ2v) is 3.89. The lowest BCUT2D eigenvalue weighted by Gasteiger charge is -2.09. The highest BCUT2D eigenvalue weighted by Gasteiger charge is 2.11. The number of aryl methyl sites for hydroxylation is 1. The van der Waals surface area contributed by atoms with Gasteiger partial charge in [0.05, 0.1) is 0 Å². The maximum Gasteiger partial charge on any atom is 0.131 e. The van der Waals surface area contributed by atoms with Crippen molar-refractivity contribution in [2.45, 2.75) is 26.7 Å². The molecule has 0 aromatic carbocycles. The summed E-state index contributed by atoms with van der Waals surface area (Å²) in [5.74, 6) is 0.00924. The largest absolute Gasteiger partial charge is 0.246 e. The summed E-state index contributed by atoms with van der Waals surface area (Å²) in [4.78, 5) is 4.13. The Morgan fingerprint density at radius 1 is 1.50 bits per heavy atom. The Hall–Kier alpha value is -0.440. The molecule has 0 atom stereocenters. The minimum absolute atomic E-state index is 0.177. The van der Waals surface area contributed by atoms with Gasteiger partial charge in [0.1, 0.15) is 10.4 Å². The first-order chi connectivity index (χ1) is 5.52. The molecule has 0 spiro atoms. The van der Waals surface area contributed by atoms with Crippen LogP contribution in [-0.2, 0) is 0 Å². The van der Waals surface area contributed by atoms with Crippen molar-refractivity contribution in [1.29, 1.82) is 0 Å². The van der Waals surface area contributed by atoms with Gasteiger partial charge in [0, 0.05) is 17.3 Å². The second kappa shape index (κ2) is 3.52. The predicted octanol–water partition coefficient (Wildman–Crippen LogP) is 3.42. The van der Waals surface area contributed by atoms with Crippen LogP contribution in [0.25, 0.3) is 0 Å². The summed E-state index contributed by atoms with van der Waals surface area (Å²) in [5.41, 5.74) is 1.47. The zero-order chi connectivity index (χ0) is 9.30. The van der Waals surface area contributed by atoms with Gasteiger partial charge < -0.3 is 0 Å². The van der Waals surface area contributed by atoms with Gasteiger partial charge in [-0.3, -0.25) is 0 Å². The fourth-order valence-electron chi connectivity index (χ4n) is 1.30. The highest BCUT2D eigenvalue weighted by molar-refractivity contribution is 9.10. The van der Waals surface area contributed by atoms with Gasteiger partial charge in [-0.2, -0.15) is 0 Å². The van der Waals surface area contributed by atoms with E-state index in [2.05, 4.69) is 20.9 Å². The molecule has 1 aromatic rings. The van der Waals surface area contributed by atoms with E-state index in [9.17, 15) is 4.39 Å². The Bertz CT molecular complexity index is 274. The number of hydrogen-bond acceptors (Lipinski definition) is 1. The third kappa shape index (κ3) is 1.83. The first-order valence-electron chi connectivity index (χ1n) is 3.85. The van der Waals surface area contributed by atoms with Crippen molar-refractivity contribution < 1.29 is 4.39 Å². The molecule has 1 aromatic heterocycles. The van der Waals surface area contributed by atoms with Crippen molar-refractivity contribution in [2.75, 3.05) is 0 Å². The quantitative estimate of drug-likeness (QED) is 0.676. The average molecular weight is 232 g/mol. The molecule has 0 radical (unpaired) electrons. The van der Waals surface area contributed by atoms with Crippen LogP contribution in [0.1, 0.15) is 31.0 Å². The molecular formula is C9H11BrFN. The van der Waals surface area contributed by atoms with Crippen molar-refractivity contribution in [3.8, 4) is 0 Å². The average Bonchev–Trinajstić information content (AvgIpc) is 1.82. The minimum atomic E-state index is -0.177. The van der Waals surface area contributed by atoms with E-state index in [1.165, 1.54) is 6.07 Å². The van der Waals surface area contributed by atoms with Crippen molar-refractivity contribution in [3.63, 3.8) is 0 Å². The Kier molecular flexibility index (Phi) is 2.83. The number of rotatable bonds is 1. The summed E-state index contributed by atoms with van der Waals surface area (Å²) in [6.45, 7) is 5.74. The molecule has 0 saturated carbocycles. The van der Waals surface area contributed by atoms with Gasteiger partial charge in [0.2, 0.25) is 0 Å². The van der Waals surface area contributed by atoms with Gasteiger partial charge in [-0.05, 0) is 28.8 Å². The first kappa shape index (κ1) is 9.65. The van der Waals surface area contributed by atoms with Gasteiger partial charge in [-0.25, -0.2) is 9.37 Å². The third-order valence-corrected chi connectivity index (χ3v) is 2.15. The summed E-state index contributed by atoms with van der Waals surface area (Å²) in [5, 5.41) is 0. The lowest BCUT2D eigenvalue weighted by Crippen LogP contribution is -1.99. The highest BCUT2D eigenvalue weighted by atomic mass is 79.9. The molecule has 0 saturated heterocycles. The number of hydrogen-bond donors (Lipinski definition) is 0. The summed E-state index contributed by atoms with van der Waals surface area (Å²) < 4.78 is 13.8. The fraction of sp³-hybridized carbons (Fsp3) is 0.444. The molecule has 0 aliphatic heterocycles.